The van der Waals surface area contributed by atoms with Crippen molar-refractivity contribution in [3.8, 4) is 0 Å². The zero-order valence-corrected chi connectivity index (χ0v) is 10.3. The van der Waals surface area contributed by atoms with E-state index in [0.29, 0.717) is 5.82 Å². The summed E-state index contributed by atoms with van der Waals surface area (Å²) in [5.41, 5.74) is 8.13. The highest BCUT2D eigenvalue weighted by Crippen LogP contribution is 2.19. The van der Waals surface area contributed by atoms with E-state index in [1.54, 1.807) is 5.57 Å². The number of allylic oxidation sites excluding steroid dienone is 2. The summed E-state index contributed by atoms with van der Waals surface area (Å²) < 4.78 is 0. The van der Waals surface area contributed by atoms with Crippen LogP contribution in [0.4, 0.5) is 0 Å². The Hall–Kier alpha value is -1.25. The van der Waals surface area contributed by atoms with Gasteiger partial charge in [-0.1, -0.05) is 18.1 Å². The molecule has 3 N–H and O–H groups in total. The van der Waals surface area contributed by atoms with Gasteiger partial charge in [-0.15, -0.1) is 0 Å². The van der Waals surface area contributed by atoms with Crippen LogP contribution in [0.25, 0.3) is 0 Å². The van der Waals surface area contributed by atoms with E-state index in [4.69, 9.17) is 5.73 Å². The Balaban J connectivity index is 2.29. The third kappa shape index (κ3) is 4.51. The normalized spacial score (nSPS) is 18.2. The van der Waals surface area contributed by atoms with Gasteiger partial charge in [0.2, 0.25) is 0 Å². The second-order valence-corrected chi connectivity index (χ2v) is 4.30. The van der Waals surface area contributed by atoms with E-state index in [1.165, 1.54) is 32.1 Å². The van der Waals surface area contributed by atoms with Crippen molar-refractivity contribution in [3.05, 3.63) is 23.2 Å². The number of hydrogen-bond acceptors (Lipinski definition) is 3. The Bertz CT molecular complexity index is 290. The van der Waals surface area contributed by atoms with Gasteiger partial charge in [0.25, 0.3) is 0 Å². The highest BCUT2D eigenvalue weighted by molar-refractivity contribution is 5.29. The van der Waals surface area contributed by atoms with Gasteiger partial charge in [-0.25, -0.2) is 0 Å². The molecule has 0 heterocycles. The van der Waals surface area contributed by atoms with E-state index in [9.17, 15) is 0 Å². The summed E-state index contributed by atoms with van der Waals surface area (Å²) in [5.74, 6) is 0.643. The minimum absolute atomic E-state index is 0.643. The summed E-state index contributed by atoms with van der Waals surface area (Å²) in [6, 6.07) is 0. The van der Waals surface area contributed by atoms with E-state index < -0.39 is 0 Å². The molecule has 3 nitrogen and oxygen atoms in total. The molecule has 3 heteroatoms. The first-order valence-corrected chi connectivity index (χ1v) is 6.09. The summed E-state index contributed by atoms with van der Waals surface area (Å²) >= 11 is 0. The van der Waals surface area contributed by atoms with E-state index in [0.717, 1.165) is 18.7 Å². The highest BCUT2D eigenvalue weighted by Gasteiger charge is 2.02. The standard InChI is InChI=1S/C13H23N3/c1-11(15-2)13(14)16-10-9-12-7-5-3-4-6-8-12/h7,16H,2-6,8-10,14H2,1H3/b13-11-. The molecule has 0 saturated heterocycles. The third-order valence-electron chi connectivity index (χ3n) is 3.02. The number of nitrogens with one attached hydrogen (secondary N) is 1. The summed E-state index contributed by atoms with van der Waals surface area (Å²) in [6.45, 7) is 6.21. The molecule has 1 rings (SSSR count). The molecule has 0 unspecified atom stereocenters. The molecule has 0 bridgehead atoms. The maximum absolute atomic E-state index is 5.79. The Kier molecular flexibility index (Phi) is 5.68. The van der Waals surface area contributed by atoms with Crippen molar-refractivity contribution in [1.29, 1.82) is 0 Å². The van der Waals surface area contributed by atoms with Crippen LogP contribution in [0.2, 0.25) is 0 Å². The zero-order chi connectivity index (χ0) is 11.8. The van der Waals surface area contributed by atoms with Gasteiger partial charge in [0.1, 0.15) is 5.82 Å². The SMILES string of the molecule is C=N/C(C)=C(/N)NCCC1=CCCCCC1. The van der Waals surface area contributed by atoms with Crippen LogP contribution in [-0.4, -0.2) is 13.3 Å². The van der Waals surface area contributed by atoms with Gasteiger partial charge in [0.15, 0.2) is 0 Å². The number of nitrogens with two attached hydrogens (primary N) is 1. The quantitative estimate of drug-likeness (QED) is 0.554. The maximum atomic E-state index is 5.79. The molecule has 90 valence electrons. The fraction of sp³-hybridized carbons (Fsp3) is 0.615. The molecule has 1 aliphatic carbocycles. The average molecular weight is 221 g/mol. The summed E-state index contributed by atoms with van der Waals surface area (Å²) in [6.07, 6.45) is 10.0. The first kappa shape index (κ1) is 12.8. The van der Waals surface area contributed by atoms with E-state index in [1.807, 2.05) is 6.92 Å². The van der Waals surface area contributed by atoms with Crippen LogP contribution in [0.1, 0.15) is 45.4 Å². The topological polar surface area (TPSA) is 50.4 Å². The van der Waals surface area contributed by atoms with Crippen molar-refractivity contribution in [1.82, 2.24) is 5.32 Å². The number of rotatable bonds is 5. The average Bonchev–Trinajstić information content (AvgIpc) is 2.56. The van der Waals surface area contributed by atoms with Gasteiger partial charge < -0.3 is 11.1 Å². The molecule has 0 amide bonds. The Morgan fingerprint density at radius 3 is 3.06 bits per heavy atom. The van der Waals surface area contributed by atoms with Crippen molar-refractivity contribution in [2.45, 2.75) is 45.4 Å². The van der Waals surface area contributed by atoms with Gasteiger partial charge in [-0.3, -0.25) is 4.99 Å². The number of aliphatic imine (C=N–C) groups is 1. The third-order valence-corrected chi connectivity index (χ3v) is 3.02. The molecule has 0 aromatic rings. The molecule has 0 spiro atoms. The fourth-order valence-corrected chi connectivity index (χ4v) is 1.88. The molecule has 0 saturated carbocycles. The first-order valence-electron chi connectivity index (χ1n) is 6.09. The van der Waals surface area contributed by atoms with Gasteiger partial charge in [-0.2, -0.15) is 0 Å². The Morgan fingerprint density at radius 1 is 1.50 bits per heavy atom. The smallest absolute Gasteiger partial charge is 0.118 e. The molecule has 0 aromatic heterocycles. The molecule has 1 aliphatic rings. The van der Waals surface area contributed by atoms with Crippen LogP contribution in [-0.2, 0) is 0 Å². The monoisotopic (exact) mass is 221 g/mol. The van der Waals surface area contributed by atoms with Crippen molar-refractivity contribution in [2.75, 3.05) is 6.54 Å². The van der Waals surface area contributed by atoms with Crippen LogP contribution >= 0.6 is 0 Å². The zero-order valence-electron chi connectivity index (χ0n) is 10.3. The molecular formula is C13H23N3. The van der Waals surface area contributed by atoms with Gasteiger partial charge in [0, 0.05) is 6.54 Å². The predicted molar refractivity (Wildman–Crippen MR) is 70.2 cm³/mol. The lowest BCUT2D eigenvalue weighted by Crippen LogP contribution is -2.22. The second-order valence-electron chi connectivity index (χ2n) is 4.30. The molecule has 0 aliphatic heterocycles. The van der Waals surface area contributed by atoms with Crippen molar-refractivity contribution < 1.29 is 0 Å². The fourth-order valence-electron chi connectivity index (χ4n) is 1.88. The lowest BCUT2D eigenvalue weighted by molar-refractivity contribution is 0.689. The Labute approximate surface area is 98.5 Å². The molecule has 16 heavy (non-hydrogen) atoms. The van der Waals surface area contributed by atoms with Crippen LogP contribution in [0.5, 0.6) is 0 Å². The molecule has 0 aromatic carbocycles. The van der Waals surface area contributed by atoms with Crippen molar-refractivity contribution in [3.63, 3.8) is 0 Å². The van der Waals surface area contributed by atoms with Gasteiger partial charge in [-0.05, 0) is 45.7 Å². The minimum Gasteiger partial charge on any atom is -0.384 e. The molecule has 0 radical (unpaired) electrons. The number of nitrogens with zero attached hydrogens (tertiary/aromatic N) is 1. The van der Waals surface area contributed by atoms with E-state index in [2.05, 4.69) is 23.1 Å². The molecular weight excluding hydrogens is 198 g/mol. The second kappa shape index (κ2) is 7.09. The van der Waals surface area contributed by atoms with Crippen molar-refractivity contribution >= 4 is 6.72 Å². The van der Waals surface area contributed by atoms with Crippen LogP contribution < -0.4 is 11.1 Å². The van der Waals surface area contributed by atoms with E-state index in [-0.39, 0.29) is 0 Å². The first-order chi connectivity index (χ1) is 7.74. The van der Waals surface area contributed by atoms with Crippen LogP contribution in [0.3, 0.4) is 0 Å². The highest BCUT2D eigenvalue weighted by atomic mass is 15.0. The molecule has 0 fully saturated rings. The van der Waals surface area contributed by atoms with Gasteiger partial charge in [0.05, 0.1) is 5.70 Å². The minimum atomic E-state index is 0.643. The maximum Gasteiger partial charge on any atom is 0.118 e. The van der Waals surface area contributed by atoms with Crippen LogP contribution in [0, 0.1) is 0 Å². The largest absolute Gasteiger partial charge is 0.384 e. The summed E-state index contributed by atoms with van der Waals surface area (Å²) in [7, 11) is 0. The lowest BCUT2D eigenvalue weighted by atomic mass is 10.1. The van der Waals surface area contributed by atoms with Gasteiger partial charge >= 0.3 is 0 Å². The predicted octanol–water partition coefficient (Wildman–Crippen LogP) is 2.70. The van der Waals surface area contributed by atoms with Crippen LogP contribution in [0.15, 0.2) is 28.2 Å². The van der Waals surface area contributed by atoms with Crippen molar-refractivity contribution in [2.24, 2.45) is 10.7 Å². The molecule has 0 atom stereocenters. The summed E-state index contributed by atoms with van der Waals surface area (Å²) in [5, 5.41) is 3.18. The lowest BCUT2D eigenvalue weighted by Gasteiger charge is -2.09. The number of hydrogen-bond donors (Lipinski definition) is 2. The summed E-state index contributed by atoms with van der Waals surface area (Å²) in [4.78, 5) is 3.80. The Morgan fingerprint density at radius 2 is 2.31 bits per heavy atom. The van der Waals surface area contributed by atoms with E-state index >= 15 is 0 Å².